The van der Waals surface area contributed by atoms with Gasteiger partial charge in [-0.25, -0.2) is 0 Å². The lowest BCUT2D eigenvalue weighted by Gasteiger charge is -2.09. The van der Waals surface area contributed by atoms with E-state index in [0.29, 0.717) is 11.7 Å². The van der Waals surface area contributed by atoms with Crippen molar-refractivity contribution in [2.24, 2.45) is 5.92 Å². The quantitative estimate of drug-likeness (QED) is 0.772. The second-order valence-electron chi connectivity index (χ2n) is 4.10. The fraction of sp³-hybridized carbons (Fsp3) is 0.385. The summed E-state index contributed by atoms with van der Waals surface area (Å²) in [6, 6.07) is 5.63. The van der Waals surface area contributed by atoms with Crippen molar-refractivity contribution in [1.29, 1.82) is 0 Å². The van der Waals surface area contributed by atoms with E-state index in [1.54, 1.807) is 6.07 Å². The Balaban J connectivity index is 2.21. The Labute approximate surface area is 90.6 Å². The number of hydrogen-bond donors (Lipinski definition) is 2. The number of aryl methyl sites for hydroxylation is 1. The maximum atomic E-state index is 9.40. The van der Waals surface area contributed by atoms with E-state index in [2.05, 4.69) is 17.5 Å². The minimum absolute atomic E-state index is 0.352. The van der Waals surface area contributed by atoms with E-state index in [0.717, 1.165) is 18.5 Å². The molecule has 0 saturated carbocycles. The molecule has 1 aromatic rings. The van der Waals surface area contributed by atoms with Crippen LogP contribution in [-0.4, -0.2) is 18.7 Å². The zero-order chi connectivity index (χ0) is 10.7. The second-order valence-corrected chi connectivity index (χ2v) is 4.10. The first-order valence-electron chi connectivity index (χ1n) is 5.44. The third-order valence-electron chi connectivity index (χ3n) is 2.93. The van der Waals surface area contributed by atoms with Crippen LogP contribution in [0.5, 0.6) is 5.75 Å². The molecule has 0 saturated heterocycles. The van der Waals surface area contributed by atoms with Crippen molar-refractivity contribution >= 4 is 6.08 Å². The molecule has 1 unspecified atom stereocenters. The molecular weight excluding hydrogens is 186 g/mol. The van der Waals surface area contributed by atoms with E-state index in [-0.39, 0.29) is 0 Å². The maximum Gasteiger partial charge on any atom is 0.116 e. The van der Waals surface area contributed by atoms with Gasteiger partial charge in [0.1, 0.15) is 5.75 Å². The van der Waals surface area contributed by atoms with Gasteiger partial charge in [-0.1, -0.05) is 18.2 Å². The summed E-state index contributed by atoms with van der Waals surface area (Å²) in [5.74, 6) is 0.954. The highest BCUT2D eigenvalue weighted by Gasteiger charge is 2.10. The van der Waals surface area contributed by atoms with Gasteiger partial charge in [-0.05, 0) is 49.1 Å². The summed E-state index contributed by atoms with van der Waals surface area (Å²) in [5, 5.41) is 12.6. The highest BCUT2D eigenvalue weighted by Crippen LogP contribution is 2.24. The number of nitrogens with one attached hydrogen (secondary N) is 1. The van der Waals surface area contributed by atoms with E-state index in [4.69, 9.17) is 0 Å². The number of benzene rings is 1. The average molecular weight is 203 g/mol. The molecule has 2 heteroatoms. The lowest BCUT2D eigenvalue weighted by molar-refractivity contribution is 0.475. The number of rotatable bonds is 2. The molecule has 1 aliphatic carbocycles. The van der Waals surface area contributed by atoms with Gasteiger partial charge in [-0.15, -0.1) is 0 Å². The fourth-order valence-corrected chi connectivity index (χ4v) is 2.07. The molecule has 1 atom stereocenters. The Hall–Kier alpha value is -1.28. The van der Waals surface area contributed by atoms with E-state index in [9.17, 15) is 5.11 Å². The van der Waals surface area contributed by atoms with Gasteiger partial charge in [-0.2, -0.15) is 0 Å². The molecule has 2 rings (SSSR count). The van der Waals surface area contributed by atoms with Crippen LogP contribution in [0.15, 0.2) is 24.3 Å². The van der Waals surface area contributed by atoms with E-state index in [1.165, 1.54) is 12.0 Å². The Morgan fingerprint density at radius 3 is 3.13 bits per heavy atom. The SMILES string of the molecule is CNCC1C=Cc2cc(O)ccc2CC1. The van der Waals surface area contributed by atoms with Crippen LogP contribution in [0.4, 0.5) is 0 Å². The lowest BCUT2D eigenvalue weighted by atomic mass is 10.0. The van der Waals surface area contributed by atoms with Crippen molar-refractivity contribution in [3.8, 4) is 5.75 Å². The molecule has 0 amide bonds. The van der Waals surface area contributed by atoms with Crippen LogP contribution in [0.1, 0.15) is 17.5 Å². The van der Waals surface area contributed by atoms with Crippen LogP contribution in [0, 0.1) is 5.92 Å². The number of hydrogen-bond acceptors (Lipinski definition) is 2. The minimum atomic E-state index is 0.352. The molecule has 1 aliphatic rings. The third kappa shape index (κ3) is 2.39. The van der Waals surface area contributed by atoms with Gasteiger partial charge in [0.15, 0.2) is 0 Å². The predicted molar refractivity (Wildman–Crippen MR) is 62.9 cm³/mol. The summed E-state index contributed by atoms with van der Waals surface area (Å²) < 4.78 is 0. The number of phenols is 1. The number of phenolic OH excluding ortho intramolecular Hbond substituents is 1. The monoisotopic (exact) mass is 203 g/mol. The first kappa shape index (κ1) is 10.2. The summed E-state index contributed by atoms with van der Waals surface area (Å²) in [5.41, 5.74) is 2.50. The van der Waals surface area contributed by atoms with Crippen LogP contribution in [0.3, 0.4) is 0 Å². The van der Waals surface area contributed by atoms with Crippen molar-refractivity contribution < 1.29 is 5.11 Å². The van der Waals surface area contributed by atoms with Gasteiger partial charge in [0.05, 0.1) is 0 Å². The molecule has 1 aromatic carbocycles. The third-order valence-corrected chi connectivity index (χ3v) is 2.93. The summed E-state index contributed by atoms with van der Waals surface area (Å²) in [7, 11) is 1.98. The van der Waals surface area contributed by atoms with Crippen molar-refractivity contribution in [2.45, 2.75) is 12.8 Å². The first-order chi connectivity index (χ1) is 7.29. The molecule has 0 spiro atoms. The maximum absolute atomic E-state index is 9.40. The zero-order valence-electron chi connectivity index (χ0n) is 9.03. The molecule has 15 heavy (non-hydrogen) atoms. The molecule has 80 valence electrons. The molecule has 0 bridgehead atoms. The minimum Gasteiger partial charge on any atom is -0.508 e. The largest absolute Gasteiger partial charge is 0.508 e. The van der Waals surface area contributed by atoms with Gasteiger partial charge in [0.25, 0.3) is 0 Å². The lowest BCUT2D eigenvalue weighted by Crippen LogP contribution is -2.17. The van der Waals surface area contributed by atoms with Crippen LogP contribution in [0.25, 0.3) is 6.08 Å². The molecular formula is C13H17NO. The van der Waals surface area contributed by atoms with E-state index < -0.39 is 0 Å². The number of fused-ring (bicyclic) bond motifs is 1. The van der Waals surface area contributed by atoms with Gasteiger partial charge >= 0.3 is 0 Å². The van der Waals surface area contributed by atoms with Gasteiger partial charge < -0.3 is 10.4 Å². The molecule has 2 N–H and O–H groups in total. The van der Waals surface area contributed by atoms with Crippen molar-refractivity contribution in [1.82, 2.24) is 5.32 Å². The normalized spacial score (nSPS) is 19.7. The predicted octanol–water partition coefficient (Wildman–Crippen LogP) is 2.19. The zero-order valence-corrected chi connectivity index (χ0v) is 9.03. The average Bonchev–Trinajstić information content (AvgIpc) is 2.42. The summed E-state index contributed by atoms with van der Waals surface area (Å²) in [6.07, 6.45) is 6.63. The van der Waals surface area contributed by atoms with Gasteiger partial charge in [-0.3, -0.25) is 0 Å². The molecule has 2 nitrogen and oxygen atoms in total. The van der Waals surface area contributed by atoms with Crippen LogP contribution < -0.4 is 5.32 Å². The fourth-order valence-electron chi connectivity index (χ4n) is 2.07. The Morgan fingerprint density at radius 1 is 1.47 bits per heavy atom. The Bertz CT molecular complexity index is 371. The second kappa shape index (κ2) is 4.49. The van der Waals surface area contributed by atoms with E-state index >= 15 is 0 Å². The van der Waals surface area contributed by atoms with Crippen molar-refractivity contribution in [3.63, 3.8) is 0 Å². The molecule has 0 aliphatic heterocycles. The molecule has 0 fully saturated rings. The van der Waals surface area contributed by atoms with Gasteiger partial charge in [0.2, 0.25) is 0 Å². The van der Waals surface area contributed by atoms with E-state index in [1.807, 2.05) is 19.2 Å². The standard InChI is InChI=1S/C13H17NO/c1-14-9-10-2-4-11-6-7-13(15)8-12(11)5-3-10/h3,5-8,10,14-15H,2,4,9H2,1H3. The van der Waals surface area contributed by atoms with Crippen LogP contribution in [-0.2, 0) is 6.42 Å². The Morgan fingerprint density at radius 2 is 2.33 bits per heavy atom. The molecule has 0 aromatic heterocycles. The first-order valence-corrected chi connectivity index (χ1v) is 5.44. The van der Waals surface area contributed by atoms with Crippen molar-refractivity contribution in [2.75, 3.05) is 13.6 Å². The smallest absolute Gasteiger partial charge is 0.116 e. The number of aromatic hydroxyl groups is 1. The topological polar surface area (TPSA) is 32.3 Å². The molecule has 0 heterocycles. The highest BCUT2D eigenvalue weighted by molar-refractivity contribution is 5.57. The summed E-state index contributed by atoms with van der Waals surface area (Å²) in [4.78, 5) is 0. The van der Waals surface area contributed by atoms with Crippen LogP contribution >= 0.6 is 0 Å². The molecule has 0 radical (unpaired) electrons. The van der Waals surface area contributed by atoms with Crippen molar-refractivity contribution in [3.05, 3.63) is 35.4 Å². The summed E-state index contributed by atoms with van der Waals surface area (Å²) in [6.45, 7) is 1.02. The Kier molecular flexibility index (Phi) is 3.07. The van der Waals surface area contributed by atoms with Crippen LogP contribution in [0.2, 0.25) is 0 Å². The van der Waals surface area contributed by atoms with Gasteiger partial charge in [0, 0.05) is 6.54 Å². The highest BCUT2D eigenvalue weighted by atomic mass is 16.3. The summed E-state index contributed by atoms with van der Waals surface area (Å²) >= 11 is 0.